The molecule has 1 aliphatic heterocycles. The molecule has 3 nitrogen and oxygen atoms in total. The van der Waals surface area contributed by atoms with Crippen molar-refractivity contribution in [2.45, 2.75) is 25.8 Å². The molecule has 0 bridgehead atoms. The van der Waals surface area contributed by atoms with E-state index in [2.05, 4.69) is 12.1 Å². The van der Waals surface area contributed by atoms with Crippen molar-refractivity contribution in [3.05, 3.63) is 83.4 Å². The SMILES string of the molecule is O=C(CCc1ccc(-c2ccccc2F)o1)N1CCc2ccccc2C1. The van der Waals surface area contributed by atoms with Gasteiger partial charge in [0.2, 0.25) is 5.91 Å². The molecule has 0 unspecified atom stereocenters. The topological polar surface area (TPSA) is 33.5 Å². The smallest absolute Gasteiger partial charge is 0.223 e. The van der Waals surface area contributed by atoms with Gasteiger partial charge in [0, 0.05) is 25.9 Å². The molecule has 0 atom stereocenters. The predicted molar refractivity (Wildman–Crippen MR) is 98.0 cm³/mol. The minimum absolute atomic E-state index is 0.128. The molecular formula is C22H20FNO2. The van der Waals surface area contributed by atoms with E-state index >= 15 is 0 Å². The Hall–Kier alpha value is -2.88. The van der Waals surface area contributed by atoms with Gasteiger partial charge < -0.3 is 9.32 Å². The fourth-order valence-electron chi connectivity index (χ4n) is 3.41. The van der Waals surface area contributed by atoms with Crippen LogP contribution in [0.2, 0.25) is 0 Å². The summed E-state index contributed by atoms with van der Waals surface area (Å²) in [5.74, 6) is 1.02. The average molecular weight is 349 g/mol. The van der Waals surface area contributed by atoms with Gasteiger partial charge >= 0.3 is 0 Å². The summed E-state index contributed by atoms with van der Waals surface area (Å²) in [7, 11) is 0. The van der Waals surface area contributed by atoms with Gasteiger partial charge in [-0.1, -0.05) is 36.4 Å². The van der Waals surface area contributed by atoms with Crippen molar-refractivity contribution in [1.82, 2.24) is 4.90 Å². The Morgan fingerprint density at radius 1 is 1.00 bits per heavy atom. The number of rotatable bonds is 4. The van der Waals surface area contributed by atoms with E-state index in [0.717, 1.165) is 13.0 Å². The normalized spacial score (nSPS) is 13.5. The molecule has 0 saturated carbocycles. The molecule has 4 heteroatoms. The molecule has 2 heterocycles. The number of nitrogens with zero attached hydrogens (tertiary/aromatic N) is 1. The Morgan fingerprint density at radius 2 is 1.77 bits per heavy atom. The zero-order valence-corrected chi connectivity index (χ0v) is 14.5. The molecule has 132 valence electrons. The lowest BCUT2D eigenvalue weighted by Crippen LogP contribution is -2.36. The van der Waals surface area contributed by atoms with Crippen LogP contribution >= 0.6 is 0 Å². The number of carbonyl (C=O) groups excluding carboxylic acids is 1. The van der Waals surface area contributed by atoms with Gasteiger partial charge in [0.1, 0.15) is 17.3 Å². The van der Waals surface area contributed by atoms with E-state index in [1.165, 1.54) is 17.2 Å². The van der Waals surface area contributed by atoms with Gasteiger partial charge in [-0.3, -0.25) is 4.79 Å². The van der Waals surface area contributed by atoms with Gasteiger partial charge in [0.25, 0.3) is 0 Å². The van der Waals surface area contributed by atoms with Crippen molar-refractivity contribution in [3.63, 3.8) is 0 Å². The summed E-state index contributed by atoms with van der Waals surface area (Å²) >= 11 is 0. The van der Waals surface area contributed by atoms with E-state index in [1.807, 2.05) is 23.1 Å². The molecule has 1 aliphatic rings. The maximum atomic E-state index is 13.8. The third-order valence-corrected chi connectivity index (χ3v) is 4.87. The fourth-order valence-corrected chi connectivity index (χ4v) is 3.41. The zero-order valence-electron chi connectivity index (χ0n) is 14.5. The lowest BCUT2D eigenvalue weighted by atomic mass is 9.99. The summed E-state index contributed by atoms with van der Waals surface area (Å²) in [4.78, 5) is 14.4. The van der Waals surface area contributed by atoms with E-state index in [4.69, 9.17) is 4.42 Å². The number of halogens is 1. The van der Waals surface area contributed by atoms with Gasteiger partial charge in [-0.05, 0) is 41.8 Å². The monoisotopic (exact) mass is 349 g/mol. The third kappa shape index (κ3) is 3.40. The molecule has 0 fully saturated rings. The first-order valence-corrected chi connectivity index (χ1v) is 8.89. The second-order valence-electron chi connectivity index (χ2n) is 6.58. The number of furan rings is 1. The molecule has 3 aromatic rings. The van der Waals surface area contributed by atoms with Crippen molar-refractivity contribution in [2.75, 3.05) is 6.54 Å². The lowest BCUT2D eigenvalue weighted by Gasteiger charge is -2.28. The molecule has 4 rings (SSSR count). The summed E-state index contributed by atoms with van der Waals surface area (Å²) < 4.78 is 19.6. The van der Waals surface area contributed by atoms with Gasteiger partial charge in [-0.15, -0.1) is 0 Å². The van der Waals surface area contributed by atoms with Gasteiger partial charge in [0.15, 0.2) is 0 Å². The Bertz CT molecular complexity index is 931. The molecular weight excluding hydrogens is 329 g/mol. The number of amides is 1. The number of fused-ring (bicyclic) bond motifs is 1. The molecule has 1 aromatic heterocycles. The van der Waals surface area contributed by atoms with E-state index in [9.17, 15) is 9.18 Å². The highest BCUT2D eigenvalue weighted by atomic mass is 19.1. The first kappa shape index (κ1) is 16.6. The predicted octanol–water partition coefficient (Wildman–Crippen LogP) is 4.60. The minimum Gasteiger partial charge on any atom is -0.461 e. The maximum Gasteiger partial charge on any atom is 0.223 e. The summed E-state index contributed by atoms with van der Waals surface area (Å²) in [6.07, 6.45) is 1.82. The van der Waals surface area contributed by atoms with Crippen molar-refractivity contribution in [1.29, 1.82) is 0 Å². The van der Waals surface area contributed by atoms with Crippen molar-refractivity contribution < 1.29 is 13.6 Å². The summed E-state index contributed by atoms with van der Waals surface area (Å²) in [5.41, 5.74) is 3.00. The van der Waals surface area contributed by atoms with E-state index in [-0.39, 0.29) is 11.7 Å². The van der Waals surface area contributed by atoms with Gasteiger partial charge in [0.05, 0.1) is 5.56 Å². The number of aryl methyl sites for hydroxylation is 1. The van der Waals surface area contributed by atoms with Crippen LogP contribution in [0.25, 0.3) is 11.3 Å². The molecule has 26 heavy (non-hydrogen) atoms. The fraction of sp³-hybridized carbons (Fsp3) is 0.227. The van der Waals surface area contributed by atoms with E-state index < -0.39 is 0 Å². The first-order valence-electron chi connectivity index (χ1n) is 8.89. The highest BCUT2D eigenvalue weighted by molar-refractivity contribution is 5.76. The van der Waals surface area contributed by atoms with Crippen LogP contribution < -0.4 is 0 Å². The Labute approximate surface area is 152 Å². The lowest BCUT2D eigenvalue weighted by molar-refractivity contribution is -0.132. The standard InChI is InChI=1S/C22H20FNO2/c23-20-8-4-3-7-19(20)21-11-9-18(26-21)10-12-22(25)24-14-13-16-5-1-2-6-17(16)15-24/h1-9,11H,10,12-15H2. The Balaban J connectivity index is 1.38. The first-order chi connectivity index (χ1) is 12.7. The summed E-state index contributed by atoms with van der Waals surface area (Å²) in [6.45, 7) is 1.43. The summed E-state index contributed by atoms with van der Waals surface area (Å²) in [5, 5.41) is 0. The maximum absolute atomic E-state index is 13.8. The van der Waals surface area contributed by atoms with E-state index in [0.29, 0.717) is 36.5 Å². The van der Waals surface area contributed by atoms with Crippen LogP contribution in [-0.2, 0) is 24.2 Å². The highest BCUT2D eigenvalue weighted by Gasteiger charge is 2.20. The minimum atomic E-state index is -0.309. The Morgan fingerprint density at radius 3 is 2.62 bits per heavy atom. The largest absolute Gasteiger partial charge is 0.461 e. The van der Waals surface area contributed by atoms with Crippen LogP contribution in [0.1, 0.15) is 23.3 Å². The number of benzene rings is 2. The number of carbonyl (C=O) groups is 1. The van der Waals surface area contributed by atoms with Crippen LogP contribution in [0.5, 0.6) is 0 Å². The quantitative estimate of drug-likeness (QED) is 0.689. The van der Waals surface area contributed by atoms with Crippen LogP contribution in [0, 0.1) is 5.82 Å². The molecule has 0 spiro atoms. The number of hydrogen-bond acceptors (Lipinski definition) is 2. The van der Waals surface area contributed by atoms with Crippen molar-refractivity contribution in [2.24, 2.45) is 0 Å². The molecule has 1 amide bonds. The Kier molecular flexibility index (Phi) is 4.57. The van der Waals surface area contributed by atoms with Gasteiger partial charge in [-0.25, -0.2) is 4.39 Å². The number of hydrogen-bond donors (Lipinski definition) is 0. The van der Waals surface area contributed by atoms with Crippen molar-refractivity contribution in [3.8, 4) is 11.3 Å². The molecule has 0 saturated heterocycles. The zero-order chi connectivity index (χ0) is 17.9. The van der Waals surface area contributed by atoms with Crippen molar-refractivity contribution >= 4 is 5.91 Å². The third-order valence-electron chi connectivity index (χ3n) is 4.87. The van der Waals surface area contributed by atoms with Crippen LogP contribution in [-0.4, -0.2) is 17.4 Å². The van der Waals surface area contributed by atoms with Gasteiger partial charge in [-0.2, -0.15) is 0 Å². The highest BCUT2D eigenvalue weighted by Crippen LogP contribution is 2.25. The van der Waals surface area contributed by atoms with Crippen LogP contribution in [0.4, 0.5) is 4.39 Å². The van der Waals surface area contributed by atoms with Crippen LogP contribution in [0.3, 0.4) is 0 Å². The molecule has 0 radical (unpaired) electrons. The summed E-state index contributed by atoms with van der Waals surface area (Å²) in [6, 6.07) is 18.4. The second kappa shape index (κ2) is 7.16. The van der Waals surface area contributed by atoms with Crippen LogP contribution in [0.15, 0.2) is 65.1 Å². The second-order valence-corrected chi connectivity index (χ2v) is 6.58. The molecule has 0 aliphatic carbocycles. The van der Waals surface area contributed by atoms with E-state index in [1.54, 1.807) is 24.3 Å². The average Bonchev–Trinajstić information content (AvgIpc) is 3.15. The molecule has 2 aromatic carbocycles. The molecule has 0 N–H and O–H groups in total.